The maximum Gasteiger partial charge on any atom is 0.344 e. The fourth-order valence-corrected chi connectivity index (χ4v) is 2.76. The van der Waals surface area contributed by atoms with Gasteiger partial charge in [0.15, 0.2) is 18.1 Å². The van der Waals surface area contributed by atoms with Crippen molar-refractivity contribution in [1.29, 1.82) is 0 Å². The number of urea groups is 1. The van der Waals surface area contributed by atoms with Crippen molar-refractivity contribution in [2.75, 3.05) is 26.9 Å². The summed E-state index contributed by atoms with van der Waals surface area (Å²) in [5.74, 6) is -0.333. The van der Waals surface area contributed by atoms with Crippen molar-refractivity contribution < 1.29 is 33.3 Å². The standard InChI is InChI=1S/C19H24N2O7/c1-5-26-14-9-12(7-8-13(14)28-10-15(22)27-6-2)17-16(18(23)25-4)11(3)20-19(24)21-17/h7-9,17H,5-6,10H2,1-4H3,(H2,20,21,24)/t17-/m1/s1. The van der Waals surface area contributed by atoms with Gasteiger partial charge in [-0.05, 0) is 38.5 Å². The van der Waals surface area contributed by atoms with E-state index in [-0.39, 0.29) is 18.8 Å². The Labute approximate surface area is 163 Å². The molecule has 1 heterocycles. The zero-order valence-corrected chi connectivity index (χ0v) is 16.3. The predicted octanol–water partition coefficient (Wildman–Crippen LogP) is 1.83. The first-order valence-electron chi connectivity index (χ1n) is 8.82. The quantitative estimate of drug-likeness (QED) is 0.649. The Bertz CT molecular complexity index is 788. The van der Waals surface area contributed by atoms with Crippen molar-refractivity contribution in [3.63, 3.8) is 0 Å². The summed E-state index contributed by atoms with van der Waals surface area (Å²) in [6.45, 7) is 5.49. The van der Waals surface area contributed by atoms with Crippen LogP contribution in [0.4, 0.5) is 4.79 Å². The Morgan fingerprint density at radius 1 is 1.11 bits per heavy atom. The zero-order valence-electron chi connectivity index (χ0n) is 16.3. The van der Waals surface area contributed by atoms with E-state index in [0.29, 0.717) is 29.4 Å². The fraction of sp³-hybridized carbons (Fsp3) is 0.421. The van der Waals surface area contributed by atoms with Gasteiger partial charge in [-0.25, -0.2) is 14.4 Å². The Hall–Kier alpha value is -3.23. The lowest BCUT2D eigenvalue weighted by atomic mass is 9.95. The molecule has 0 spiro atoms. The Balaban J connectivity index is 2.35. The van der Waals surface area contributed by atoms with Gasteiger partial charge in [0.25, 0.3) is 0 Å². The monoisotopic (exact) mass is 392 g/mol. The molecule has 2 N–H and O–H groups in total. The second-order valence-corrected chi connectivity index (χ2v) is 5.79. The molecule has 2 rings (SSSR count). The molecule has 0 saturated heterocycles. The highest BCUT2D eigenvalue weighted by molar-refractivity contribution is 5.95. The molecule has 1 aliphatic rings. The van der Waals surface area contributed by atoms with Crippen molar-refractivity contribution in [3.05, 3.63) is 35.0 Å². The third-order valence-electron chi connectivity index (χ3n) is 3.93. The first-order valence-corrected chi connectivity index (χ1v) is 8.82. The Morgan fingerprint density at radius 2 is 1.86 bits per heavy atom. The Kier molecular flexibility index (Phi) is 7.25. The molecule has 0 unspecified atom stereocenters. The van der Waals surface area contributed by atoms with E-state index in [1.165, 1.54) is 7.11 Å². The highest BCUT2D eigenvalue weighted by Gasteiger charge is 2.32. The molecule has 0 bridgehead atoms. The lowest BCUT2D eigenvalue weighted by Gasteiger charge is -2.28. The Morgan fingerprint density at radius 3 is 2.50 bits per heavy atom. The van der Waals surface area contributed by atoms with Crippen LogP contribution in [0.5, 0.6) is 11.5 Å². The molecule has 0 radical (unpaired) electrons. The van der Waals surface area contributed by atoms with Gasteiger partial charge in [-0.15, -0.1) is 0 Å². The number of hydrogen-bond acceptors (Lipinski definition) is 7. The normalized spacial score (nSPS) is 16.0. The summed E-state index contributed by atoms with van der Waals surface area (Å²) in [5.41, 5.74) is 1.28. The molecular weight excluding hydrogens is 368 g/mol. The number of esters is 2. The number of hydrogen-bond donors (Lipinski definition) is 2. The summed E-state index contributed by atoms with van der Waals surface area (Å²) < 4.78 is 20.8. The van der Waals surface area contributed by atoms with E-state index in [4.69, 9.17) is 18.9 Å². The van der Waals surface area contributed by atoms with Gasteiger partial charge in [0, 0.05) is 5.70 Å². The lowest BCUT2D eigenvalue weighted by molar-refractivity contribution is -0.145. The number of amides is 2. The van der Waals surface area contributed by atoms with E-state index < -0.39 is 24.0 Å². The van der Waals surface area contributed by atoms with Gasteiger partial charge in [-0.1, -0.05) is 6.07 Å². The van der Waals surface area contributed by atoms with Crippen molar-refractivity contribution in [3.8, 4) is 11.5 Å². The first-order chi connectivity index (χ1) is 13.4. The largest absolute Gasteiger partial charge is 0.490 e. The molecule has 2 amide bonds. The van der Waals surface area contributed by atoms with Gasteiger partial charge < -0.3 is 29.6 Å². The van der Waals surface area contributed by atoms with Crippen LogP contribution >= 0.6 is 0 Å². The number of allylic oxidation sites excluding steroid dienone is 1. The van der Waals surface area contributed by atoms with Gasteiger partial charge in [0.2, 0.25) is 0 Å². The molecule has 152 valence electrons. The highest BCUT2D eigenvalue weighted by atomic mass is 16.6. The summed E-state index contributed by atoms with van der Waals surface area (Å²) >= 11 is 0. The van der Waals surface area contributed by atoms with Crippen LogP contribution in [0.25, 0.3) is 0 Å². The molecule has 0 saturated carbocycles. The predicted molar refractivity (Wildman–Crippen MR) is 98.9 cm³/mol. The molecule has 1 aromatic carbocycles. The molecule has 28 heavy (non-hydrogen) atoms. The number of benzene rings is 1. The molecular formula is C19H24N2O7. The molecule has 0 fully saturated rings. The number of rotatable bonds is 8. The minimum atomic E-state index is -0.723. The maximum absolute atomic E-state index is 12.2. The van der Waals surface area contributed by atoms with Crippen LogP contribution in [0, 0.1) is 0 Å². The number of nitrogens with one attached hydrogen (secondary N) is 2. The topological polar surface area (TPSA) is 112 Å². The summed E-state index contributed by atoms with van der Waals surface area (Å²) in [7, 11) is 1.27. The van der Waals surface area contributed by atoms with Gasteiger partial charge >= 0.3 is 18.0 Å². The van der Waals surface area contributed by atoms with Crippen LogP contribution in [-0.2, 0) is 19.1 Å². The summed E-state index contributed by atoms with van der Waals surface area (Å²) in [6.07, 6.45) is 0. The van der Waals surface area contributed by atoms with Crippen molar-refractivity contribution in [2.24, 2.45) is 0 Å². The van der Waals surface area contributed by atoms with Crippen molar-refractivity contribution in [2.45, 2.75) is 26.8 Å². The van der Waals surface area contributed by atoms with Crippen LogP contribution < -0.4 is 20.1 Å². The van der Waals surface area contributed by atoms with E-state index in [1.54, 1.807) is 39.0 Å². The number of carbonyl (C=O) groups excluding carboxylic acids is 3. The molecule has 1 aliphatic heterocycles. The maximum atomic E-state index is 12.2. The second-order valence-electron chi connectivity index (χ2n) is 5.79. The smallest absolute Gasteiger partial charge is 0.344 e. The highest BCUT2D eigenvalue weighted by Crippen LogP contribution is 2.34. The van der Waals surface area contributed by atoms with Crippen LogP contribution in [0.15, 0.2) is 29.5 Å². The fourth-order valence-electron chi connectivity index (χ4n) is 2.76. The van der Waals surface area contributed by atoms with Gasteiger partial charge in [0.1, 0.15) is 0 Å². The van der Waals surface area contributed by atoms with E-state index in [9.17, 15) is 14.4 Å². The van der Waals surface area contributed by atoms with Crippen LogP contribution in [0.1, 0.15) is 32.4 Å². The molecule has 1 atom stereocenters. The summed E-state index contributed by atoms with van der Waals surface area (Å²) in [4.78, 5) is 35.6. The van der Waals surface area contributed by atoms with Gasteiger partial charge in [-0.3, -0.25) is 0 Å². The SMILES string of the molecule is CCOC(=O)COc1ccc([C@H]2NC(=O)NC(C)=C2C(=O)OC)cc1OCC. The van der Waals surface area contributed by atoms with Gasteiger partial charge in [-0.2, -0.15) is 0 Å². The van der Waals surface area contributed by atoms with Crippen LogP contribution in [0.2, 0.25) is 0 Å². The summed E-state index contributed by atoms with van der Waals surface area (Å²) in [5, 5.41) is 5.27. The van der Waals surface area contributed by atoms with Crippen LogP contribution in [-0.4, -0.2) is 44.9 Å². The zero-order chi connectivity index (χ0) is 20.7. The molecule has 0 aromatic heterocycles. The van der Waals surface area contributed by atoms with Crippen molar-refractivity contribution in [1.82, 2.24) is 10.6 Å². The molecule has 9 heteroatoms. The minimum Gasteiger partial charge on any atom is -0.490 e. The van der Waals surface area contributed by atoms with E-state index in [0.717, 1.165) is 0 Å². The molecule has 1 aromatic rings. The lowest BCUT2D eigenvalue weighted by Crippen LogP contribution is -2.45. The summed E-state index contributed by atoms with van der Waals surface area (Å²) in [6, 6.07) is 3.78. The second kappa shape index (κ2) is 9.63. The van der Waals surface area contributed by atoms with E-state index >= 15 is 0 Å². The van der Waals surface area contributed by atoms with E-state index in [1.807, 2.05) is 0 Å². The number of ether oxygens (including phenoxy) is 4. The van der Waals surface area contributed by atoms with E-state index in [2.05, 4.69) is 10.6 Å². The first kappa shape index (κ1) is 21.1. The number of carbonyl (C=O) groups is 3. The average molecular weight is 392 g/mol. The number of methoxy groups -OCH3 is 1. The molecule has 0 aliphatic carbocycles. The van der Waals surface area contributed by atoms with Crippen LogP contribution in [0.3, 0.4) is 0 Å². The van der Waals surface area contributed by atoms with Gasteiger partial charge in [0.05, 0.1) is 31.9 Å². The minimum absolute atomic E-state index is 0.260. The third-order valence-corrected chi connectivity index (χ3v) is 3.93. The van der Waals surface area contributed by atoms with Crippen molar-refractivity contribution >= 4 is 18.0 Å². The third kappa shape index (κ3) is 4.93. The average Bonchev–Trinajstić information content (AvgIpc) is 2.66. The molecule has 9 nitrogen and oxygen atoms in total.